The van der Waals surface area contributed by atoms with Crippen molar-refractivity contribution in [3.63, 3.8) is 0 Å². The topological polar surface area (TPSA) is 42.5 Å². The summed E-state index contributed by atoms with van der Waals surface area (Å²) < 4.78 is 11.0. The molecule has 1 saturated carbocycles. The van der Waals surface area contributed by atoms with Crippen LogP contribution in [0.1, 0.15) is 45.1 Å². The van der Waals surface area contributed by atoms with Crippen LogP contribution >= 0.6 is 12.2 Å². The number of rotatable bonds is 6. The molecule has 144 valence electrons. The van der Waals surface area contributed by atoms with Gasteiger partial charge in [0.25, 0.3) is 0 Å². The van der Waals surface area contributed by atoms with E-state index in [1.807, 2.05) is 50.2 Å². The smallest absolute Gasteiger partial charge is 0.171 e. The van der Waals surface area contributed by atoms with Crippen molar-refractivity contribution in [1.29, 1.82) is 0 Å². The summed E-state index contributed by atoms with van der Waals surface area (Å²) in [5, 5.41) is 7.54. The lowest BCUT2D eigenvalue weighted by atomic mass is 9.88. The van der Waals surface area contributed by atoms with Gasteiger partial charge in [-0.3, -0.25) is 0 Å². The fourth-order valence-corrected chi connectivity index (χ4v) is 3.96. The van der Waals surface area contributed by atoms with E-state index >= 15 is 0 Å². The van der Waals surface area contributed by atoms with Crippen LogP contribution in [0.15, 0.2) is 48.5 Å². The van der Waals surface area contributed by atoms with E-state index in [4.69, 9.17) is 21.7 Å². The summed E-state index contributed by atoms with van der Waals surface area (Å²) in [5.41, 5.74) is 2.09. The third kappa shape index (κ3) is 4.92. The van der Waals surface area contributed by atoms with Gasteiger partial charge in [0.1, 0.15) is 11.5 Å². The highest BCUT2D eigenvalue weighted by atomic mass is 32.1. The predicted octanol–water partition coefficient (Wildman–Crippen LogP) is 5.24. The lowest BCUT2D eigenvalue weighted by Crippen LogP contribution is -2.45. The standard InChI is InChI=1S/C22H28N2O2S/c1-16(2)26-20-12-8-18(9-13-20)23-21(27)24-22(14-4-5-15-22)17-6-10-19(25-3)11-7-17/h6-13,16H,4-5,14-15H2,1-3H3,(H2,23,24,27). The molecule has 0 amide bonds. The molecule has 0 bridgehead atoms. The molecule has 1 fully saturated rings. The van der Waals surface area contributed by atoms with Gasteiger partial charge in [0.2, 0.25) is 0 Å². The highest BCUT2D eigenvalue weighted by Gasteiger charge is 2.36. The Morgan fingerprint density at radius 2 is 1.56 bits per heavy atom. The van der Waals surface area contributed by atoms with Gasteiger partial charge >= 0.3 is 0 Å². The molecule has 0 saturated heterocycles. The van der Waals surface area contributed by atoms with Crippen LogP contribution in [-0.4, -0.2) is 18.3 Å². The number of methoxy groups -OCH3 is 1. The summed E-state index contributed by atoms with van der Waals surface area (Å²) in [4.78, 5) is 0. The molecule has 0 unspecified atom stereocenters. The average Bonchev–Trinajstić information content (AvgIpc) is 3.12. The maximum absolute atomic E-state index is 5.69. The summed E-state index contributed by atoms with van der Waals surface area (Å²) in [6, 6.07) is 16.2. The lowest BCUT2D eigenvalue weighted by Gasteiger charge is -2.32. The highest BCUT2D eigenvalue weighted by molar-refractivity contribution is 7.80. The summed E-state index contributed by atoms with van der Waals surface area (Å²) in [5.74, 6) is 1.73. The first-order chi connectivity index (χ1) is 13.0. The van der Waals surface area contributed by atoms with Gasteiger partial charge in [0, 0.05) is 5.69 Å². The lowest BCUT2D eigenvalue weighted by molar-refractivity contribution is 0.242. The molecule has 1 aliphatic rings. The molecule has 1 aliphatic carbocycles. The quantitative estimate of drug-likeness (QED) is 0.667. The first-order valence-corrected chi connectivity index (χ1v) is 9.92. The monoisotopic (exact) mass is 384 g/mol. The van der Waals surface area contributed by atoms with Crippen molar-refractivity contribution in [2.75, 3.05) is 12.4 Å². The van der Waals surface area contributed by atoms with E-state index in [2.05, 4.69) is 22.8 Å². The van der Waals surface area contributed by atoms with Gasteiger partial charge in [-0.2, -0.15) is 0 Å². The van der Waals surface area contributed by atoms with Gasteiger partial charge < -0.3 is 20.1 Å². The molecule has 3 rings (SSSR count). The van der Waals surface area contributed by atoms with Crippen LogP contribution in [0.5, 0.6) is 11.5 Å². The van der Waals surface area contributed by atoms with Crippen molar-refractivity contribution >= 4 is 23.0 Å². The van der Waals surface area contributed by atoms with Crippen LogP contribution in [0.25, 0.3) is 0 Å². The number of anilines is 1. The Labute approximate surface area is 167 Å². The molecule has 0 spiro atoms. The van der Waals surface area contributed by atoms with Crippen molar-refractivity contribution in [3.05, 3.63) is 54.1 Å². The van der Waals surface area contributed by atoms with Gasteiger partial charge in [0.15, 0.2) is 5.11 Å². The summed E-state index contributed by atoms with van der Waals surface area (Å²) in [6.45, 7) is 4.04. The number of ether oxygens (including phenoxy) is 2. The molecule has 0 aliphatic heterocycles. The normalized spacial score (nSPS) is 15.4. The fourth-order valence-electron chi connectivity index (χ4n) is 3.64. The second kappa shape index (κ2) is 8.61. The Balaban J connectivity index is 1.68. The third-order valence-corrected chi connectivity index (χ3v) is 5.14. The maximum Gasteiger partial charge on any atom is 0.171 e. The van der Waals surface area contributed by atoms with Crippen LogP contribution in [0.2, 0.25) is 0 Å². The van der Waals surface area contributed by atoms with E-state index < -0.39 is 0 Å². The number of hydrogen-bond acceptors (Lipinski definition) is 3. The van der Waals surface area contributed by atoms with E-state index in [9.17, 15) is 0 Å². The van der Waals surface area contributed by atoms with Gasteiger partial charge in [-0.05, 0) is 80.9 Å². The van der Waals surface area contributed by atoms with Gasteiger partial charge in [-0.1, -0.05) is 25.0 Å². The molecule has 4 nitrogen and oxygen atoms in total. The Hall–Kier alpha value is -2.27. The second-order valence-corrected chi connectivity index (χ2v) is 7.70. The number of nitrogens with one attached hydrogen (secondary N) is 2. The van der Waals surface area contributed by atoms with Crippen LogP contribution in [0.4, 0.5) is 5.69 Å². The number of benzene rings is 2. The van der Waals surface area contributed by atoms with Crippen molar-refractivity contribution in [3.8, 4) is 11.5 Å². The molecular weight excluding hydrogens is 356 g/mol. The summed E-state index contributed by atoms with van der Waals surface area (Å²) in [7, 11) is 1.69. The first-order valence-electron chi connectivity index (χ1n) is 9.51. The van der Waals surface area contributed by atoms with Gasteiger partial charge in [-0.15, -0.1) is 0 Å². The van der Waals surface area contributed by atoms with E-state index in [0.717, 1.165) is 30.0 Å². The van der Waals surface area contributed by atoms with Crippen molar-refractivity contribution in [2.45, 2.75) is 51.2 Å². The Bertz CT molecular complexity index is 751. The maximum atomic E-state index is 5.69. The van der Waals surface area contributed by atoms with Gasteiger partial charge in [-0.25, -0.2) is 0 Å². The van der Waals surface area contributed by atoms with Crippen molar-refractivity contribution in [2.24, 2.45) is 0 Å². The zero-order valence-electron chi connectivity index (χ0n) is 16.2. The number of hydrogen-bond donors (Lipinski definition) is 2. The molecule has 0 atom stereocenters. The number of thiocarbonyl (C=S) groups is 1. The summed E-state index contributed by atoms with van der Waals surface area (Å²) in [6.07, 6.45) is 4.70. The molecule has 0 aromatic heterocycles. The zero-order chi connectivity index (χ0) is 19.3. The second-order valence-electron chi connectivity index (χ2n) is 7.29. The SMILES string of the molecule is COc1ccc(C2(NC(=S)Nc3ccc(OC(C)C)cc3)CCCC2)cc1. The van der Waals surface area contributed by atoms with E-state index in [1.54, 1.807) is 7.11 Å². The molecule has 2 N–H and O–H groups in total. The molecular formula is C22H28N2O2S. The van der Waals surface area contributed by atoms with Crippen molar-refractivity contribution < 1.29 is 9.47 Å². The average molecular weight is 385 g/mol. The van der Waals surface area contributed by atoms with E-state index in [0.29, 0.717) is 5.11 Å². The Kier molecular flexibility index (Phi) is 6.22. The van der Waals surface area contributed by atoms with Crippen LogP contribution in [-0.2, 0) is 5.54 Å². The van der Waals surface area contributed by atoms with Gasteiger partial charge in [0.05, 0.1) is 18.8 Å². The largest absolute Gasteiger partial charge is 0.497 e. The van der Waals surface area contributed by atoms with Crippen molar-refractivity contribution in [1.82, 2.24) is 5.32 Å². The molecule has 0 radical (unpaired) electrons. The minimum absolute atomic E-state index is 0.114. The third-order valence-electron chi connectivity index (χ3n) is 4.94. The summed E-state index contributed by atoms with van der Waals surface area (Å²) >= 11 is 5.62. The molecule has 5 heteroatoms. The predicted molar refractivity (Wildman–Crippen MR) is 115 cm³/mol. The molecule has 27 heavy (non-hydrogen) atoms. The minimum atomic E-state index is -0.114. The fraction of sp³-hybridized carbons (Fsp3) is 0.409. The van der Waals surface area contributed by atoms with Crippen LogP contribution in [0.3, 0.4) is 0 Å². The molecule has 0 heterocycles. The first kappa shape index (κ1) is 19.5. The Morgan fingerprint density at radius 3 is 2.11 bits per heavy atom. The van der Waals surface area contributed by atoms with Crippen LogP contribution in [0, 0.1) is 0 Å². The van der Waals surface area contributed by atoms with E-state index in [-0.39, 0.29) is 11.6 Å². The van der Waals surface area contributed by atoms with E-state index in [1.165, 1.54) is 18.4 Å². The minimum Gasteiger partial charge on any atom is -0.497 e. The zero-order valence-corrected chi connectivity index (χ0v) is 17.1. The molecule has 2 aromatic carbocycles. The Morgan fingerprint density at radius 1 is 0.963 bits per heavy atom. The van der Waals surface area contributed by atoms with Crippen LogP contribution < -0.4 is 20.1 Å². The highest BCUT2D eigenvalue weighted by Crippen LogP contribution is 2.39. The molecule has 2 aromatic rings.